The number of aryl methyl sites for hydroxylation is 1. The van der Waals surface area contributed by atoms with E-state index >= 15 is 0 Å². The highest BCUT2D eigenvalue weighted by Gasteiger charge is 2.21. The van der Waals surface area contributed by atoms with Gasteiger partial charge in [-0.05, 0) is 24.3 Å². The van der Waals surface area contributed by atoms with Gasteiger partial charge in [0.2, 0.25) is 5.91 Å². The first-order chi connectivity index (χ1) is 16.2. The number of ether oxygens (including phenoxy) is 1. The maximum Gasteiger partial charge on any atom is 0.225 e. The first-order valence-electron chi connectivity index (χ1n) is 11.5. The molecule has 1 N–H and O–H groups in total. The molecule has 1 amide bonds. The third kappa shape index (κ3) is 4.91. The van der Waals surface area contributed by atoms with E-state index in [1.165, 1.54) is 5.69 Å². The van der Waals surface area contributed by atoms with E-state index in [4.69, 9.17) is 4.74 Å². The van der Waals surface area contributed by atoms with Crippen LogP contribution in [0.3, 0.4) is 0 Å². The highest BCUT2D eigenvalue weighted by Crippen LogP contribution is 2.23. The second-order valence-corrected chi connectivity index (χ2v) is 8.48. The predicted octanol–water partition coefficient (Wildman–Crippen LogP) is 1.35. The zero-order valence-electron chi connectivity index (χ0n) is 19.0. The number of piperazine rings is 1. The molecule has 3 aromatic rings. The number of hydrogen-bond donors (Lipinski definition) is 1. The first kappa shape index (κ1) is 21.6. The average molecular weight is 451 g/mol. The Morgan fingerprint density at radius 3 is 2.52 bits per heavy atom. The number of hydrogen-bond acceptors (Lipinski definition) is 8. The van der Waals surface area contributed by atoms with Crippen molar-refractivity contribution in [3.63, 3.8) is 0 Å². The van der Waals surface area contributed by atoms with Gasteiger partial charge in [-0.2, -0.15) is 5.10 Å². The molecule has 10 nitrogen and oxygen atoms in total. The van der Waals surface area contributed by atoms with Crippen molar-refractivity contribution < 1.29 is 9.53 Å². The topological polar surface area (TPSA) is 91.7 Å². The van der Waals surface area contributed by atoms with Crippen LogP contribution in [0.5, 0.6) is 0 Å². The molecular weight excluding hydrogens is 420 g/mol. The fourth-order valence-corrected chi connectivity index (χ4v) is 4.45. The van der Waals surface area contributed by atoms with Crippen LogP contribution in [0.25, 0.3) is 11.0 Å². The Morgan fingerprint density at radius 2 is 1.76 bits per heavy atom. The minimum Gasteiger partial charge on any atom is -0.378 e. The Bertz CT molecular complexity index is 1090. The normalized spacial score (nSPS) is 17.5. The molecule has 2 aromatic heterocycles. The molecule has 1 aromatic carbocycles. The van der Waals surface area contributed by atoms with Crippen LogP contribution in [-0.4, -0.2) is 89.6 Å². The summed E-state index contributed by atoms with van der Waals surface area (Å²) in [5, 5.41) is 8.31. The van der Waals surface area contributed by atoms with Gasteiger partial charge in [0.1, 0.15) is 12.1 Å². The molecule has 0 saturated carbocycles. The minimum absolute atomic E-state index is 0.0458. The van der Waals surface area contributed by atoms with E-state index in [0.29, 0.717) is 6.42 Å². The molecule has 0 bridgehead atoms. The molecular formula is C23H30N8O2. The van der Waals surface area contributed by atoms with E-state index in [-0.39, 0.29) is 5.91 Å². The molecule has 2 aliphatic heterocycles. The van der Waals surface area contributed by atoms with Crippen molar-refractivity contribution in [1.29, 1.82) is 0 Å². The van der Waals surface area contributed by atoms with Crippen LogP contribution in [0.1, 0.15) is 6.42 Å². The first-order valence-corrected chi connectivity index (χ1v) is 11.5. The highest BCUT2D eigenvalue weighted by molar-refractivity contribution is 5.91. The number of nitrogens with zero attached hydrogens (tertiary/aromatic N) is 7. The Morgan fingerprint density at radius 1 is 1.00 bits per heavy atom. The van der Waals surface area contributed by atoms with Gasteiger partial charge in [-0.25, -0.2) is 9.97 Å². The van der Waals surface area contributed by atoms with Crippen LogP contribution in [0.15, 0.2) is 36.8 Å². The number of amides is 1. The molecule has 33 heavy (non-hydrogen) atoms. The van der Waals surface area contributed by atoms with Crippen molar-refractivity contribution in [3.05, 3.63) is 36.8 Å². The molecule has 0 radical (unpaired) electrons. The molecule has 0 aliphatic carbocycles. The molecule has 10 heteroatoms. The van der Waals surface area contributed by atoms with Crippen molar-refractivity contribution in [3.8, 4) is 0 Å². The van der Waals surface area contributed by atoms with Crippen LogP contribution in [0, 0.1) is 0 Å². The summed E-state index contributed by atoms with van der Waals surface area (Å²) in [4.78, 5) is 28.2. The second-order valence-electron chi connectivity index (χ2n) is 8.48. The van der Waals surface area contributed by atoms with Gasteiger partial charge in [0.25, 0.3) is 0 Å². The van der Waals surface area contributed by atoms with Gasteiger partial charge in [-0.1, -0.05) is 0 Å². The largest absolute Gasteiger partial charge is 0.378 e. The van der Waals surface area contributed by atoms with Crippen molar-refractivity contribution in [2.24, 2.45) is 7.05 Å². The lowest BCUT2D eigenvalue weighted by Crippen LogP contribution is -2.47. The smallest absolute Gasteiger partial charge is 0.225 e. The van der Waals surface area contributed by atoms with Gasteiger partial charge in [-0.15, -0.1) is 0 Å². The number of nitrogens with one attached hydrogen (secondary N) is 1. The second kappa shape index (κ2) is 9.72. The van der Waals surface area contributed by atoms with E-state index in [2.05, 4.69) is 47.2 Å². The van der Waals surface area contributed by atoms with Crippen molar-refractivity contribution in [2.45, 2.75) is 6.42 Å². The number of morpholine rings is 1. The quantitative estimate of drug-likeness (QED) is 0.602. The van der Waals surface area contributed by atoms with Crippen molar-refractivity contribution >= 4 is 34.1 Å². The summed E-state index contributed by atoms with van der Waals surface area (Å²) < 4.78 is 7.18. The summed E-state index contributed by atoms with van der Waals surface area (Å²) in [7, 11) is 1.89. The number of anilines is 3. The van der Waals surface area contributed by atoms with E-state index in [0.717, 1.165) is 81.6 Å². The molecule has 4 heterocycles. The van der Waals surface area contributed by atoms with Gasteiger partial charge in [0, 0.05) is 70.7 Å². The summed E-state index contributed by atoms with van der Waals surface area (Å²) in [6.07, 6.45) is 3.91. The van der Waals surface area contributed by atoms with Gasteiger partial charge in [0.05, 0.1) is 24.8 Å². The fraction of sp³-hybridized carbons (Fsp3) is 0.478. The molecule has 174 valence electrons. The summed E-state index contributed by atoms with van der Waals surface area (Å²) in [6, 6.07) is 8.07. The Hall–Kier alpha value is -3.24. The number of fused-ring (bicyclic) bond motifs is 1. The number of carbonyl (C=O) groups excluding carboxylic acids is 1. The summed E-state index contributed by atoms with van der Waals surface area (Å²) in [6.45, 7) is 7.61. The number of aromatic nitrogens is 4. The maximum atomic E-state index is 12.5. The average Bonchev–Trinajstić information content (AvgIpc) is 3.25. The van der Waals surface area contributed by atoms with Crippen molar-refractivity contribution in [2.75, 3.05) is 74.1 Å². The molecule has 0 spiro atoms. The predicted molar refractivity (Wildman–Crippen MR) is 128 cm³/mol. The molecule has 0 atom stereocenters. The summed E-state index contributed by atoms with van der Waals surface area (Å²) >= 11 is 0. The number of benzene rings is 1. The fourth-order valence-electron chi connectivity index (χ4n) is 4.45. The lowest BCUT2D eigenvalue weighted by Gasteiger charge is -2.35. The Kier molecular flexibility index (Phi) is 6.36. The van der Waals surface area contributed by atoms with Crippen LogP contribution in [-0.2, 0) is 16.6 Å². The zero-order valence-corrected chi connectivity index (χ0v) is 19.0. The Labute approximate surface area is 193 Å². The summed E-state index contributed by atoms with van der Waals surface area (Å²) in [5.74, 6) is 0.982. The van der Waals surface area contributed by atoms with Gasteiger partial charge < -0.3 is 19.9 Å². The van der Waals surface area contributed by atoms with Gasteiger partial charge in [-0.3, -0.25) is 14.4 Å². The van der Waals surface area contributed by atoms with Crippen LogP contribution in [0.4, 0.5) is 17.2 Å². The van der Waals surface area contributed by atoms with E-state index in [1.807, 2.05) is 25.4 Å². The lowest BCUT2D eigenvalue weighted by atomic mass is 10.2. The van der Waals surface area contributed by atoms with Crippen LogP contribution < -0.4 is 15.1 Å². The monoisotopic (exact) mass is 450 g/mol. The van der Waals surface area contributed by atoms with E-state index in [9.17, 15) is 4.79 Å². The highest BCUT2D eigenvalue weighted by atomic mass is 16.5. The molecule has 2 aliphatic rings. The number of rotatable bonds is 6. The van der Waals surface area contributed by atoms with Gasteiger partial charge >= 0.3 is 0 Å². The molecule has 0 unspecified atom stereocenters. The SMILES string of the molecule is Cn1ncc2c(N3CCN(CCC(=O)Nc4ccc(N5CCOCC5)cc4)CC3)ncnc21. The maximum absolute atomic E-state index is 12.5. The van der Waals surface area contributed by atoms with E-state index in [1.54, 1.807) is 11.0 Å². The summed E-state index contributed by atoms with van der Waals surface area (Å²) in [5.41, 5.74) is 2.85. The number of carbonyl (C=O) groups is 1. The molecule has 2 saturated heterocycles. The lowest BCUT2D eigenvalue weighted by molar-refractivity contribution is -0.116. The van der Waals surface area contributed by atoms with Gasteiger partial charge in [0.15, 0.2) is 5.65 Å². The Balaban J connectivity index is 1.08. The minimum atomic E-state index is 0.0458. The standard InChI is InChI=1S/C23H30N8O2/c1-28-22-20(16-26-28)23(25-17-24-22)31-10-8-29(9-11-31)7-6-21(32)27-18-2-4-19(5-3-18)30-12-14-33-15-13-30/h2-5,16-17H,6-15H2,1H3,(H,27,32). The molecule has 5 rings (SSSR count). The van der Waals surface area contributed by atoms with Crippen molar-refractivity contribution in [1.82, 2.24) is 24.6 Å². The molecule has 2 fully saturated rings. The van der Waals surface area contributed by atoms with Crippen LogP contribution in [0.2, 0.25) is 0 Å². The third-order valence-electron chi connectivity index (χ3n) is 6.36. The third-order valence-corrected chi connectivity index (χ3v) is 6.36. The zero-order chi connectivity index (χ0) is 22.6. The van der Waals surface area contributed by atoms with Crippen LogP contribution >= 0.6 is 0 Å². The van der Waals surface area contributed by atoms with E-state index < -0.39 is 0 Å².